The summed E-state index contributed by atoms with van der Waals surface area (Å²) in [7, 11) is 3.97. The van der Waals surface area contributed by atoms with E-state index in [9.17, 15) is 4.79 Å². The Balaban J connectivity index is 1.88. The van der Waals surface area contributed by atoms with Gasteiger partial charge < -0.3 is 15.5 Å². The molecule has 1 aromatic heterocycles. The summed E-state index contributed by atoms with van der Waals surface area (Å²) < 4.78 is 0.791. The SMILES string of the molecule is CCCNc1nnc(SC(C)C(=O)Nc2ccc(N(C)C)cc2)s1. The predicted octanol–water partition coefficient (Wildman–Crippen LogP) is 3.55. The summed E-state index contributed by atoms with van der Waals surface area (Å²) >= 11 is 2.89. The number of nitrogens with one attached hydrogen (secondary N) is 2. The lowest BCUT2D eigenvalue weighted by molar-refractivity contribution is -0.115. The highest BCUT2D eigenvalue weighted by Gasteiger charge is 2.17. The van der Waals surface area contributed by atoms with Gasteiger partial charge >= 0.3 is 0 Å². The van der Waals surface area contributed by atoms with Gasteiger partial charge in [0.1, 0.15) is 0 Å². The summed E-state index contributed by atoms with van der Waals surface area (Å²) in [5.74, 6) is -0.0455. The van der Waals surface area contributed by atoms with Crippen molar-refractivity contribution in [1.82, 2.24) is 10.2 Å². The molecule has 1 aromatic carbocycles. The molecule has 0 aliphatic heterocycles. The van der Waals surface area contributed by atoms with Crippen molar-refractivity contribution in [2.45, 2.75) is 29.9 Å². The summed E-state index contributed by atoms with van der Waals surface area (Å²) in [5.41, 5.74) is 1.89. The lowest BCUT2D eigenvalue weighted by atomic mass is 10.2. The molecule has 0 fully saturated rings. The van der Waals surface area contributed by atoms with Crippen LogP contribution in [0.25, 0.3) is 0 Å². The second-order valence-corrected chi connectivity index (χ2v) is 8.06. The van der Waals surface area contributed by atoms with Crippen LogP contribution in [0.15, 0.2) is 28.6 Å². The smallest absolute Gasteiger partial charge is 0.237 e. The highest BCUT2D eigenvalue weighted by molar-refractivity contribution is 8.02. The van der Waals surface area contributed by atoms with Crippen molar-refractivity contribution in [3.05, 3.63) is 24.3 Å². The van der Waals surface area contributed by atoms with Gasteiger partial charge in [0, 0.05) is 32.0 Å². The van der Waals surface area contributed by atoms with Gasteiger partial charge in [-0.1, -0.05) is 30.0 Å². The van der Waals surface area contributed by atoms with Crippen LogP contribution in [0.2, 0.25) is 0 Å². The molecule has 130 valence electrons. The van der Waals surface area contributed by atoms with Gasteiger partial charge in [0.25, 0.3) is 0 Å². The molecule has 0 saturated carbocycles. The third-order valence-corrected chi connectivity index (χ3v) is 5.30. The minimum Gasteiger partial charge on any atom is -0.378 e. The number of aromatic nitrogens is 2. The summed E-state index contributed by atoms with van der Waals surface area (Å²) in [4.78, 5) is 14.3. The normalized spacial score (nSPS) is 11.8. The van der Waals surface area contributed by atoms with E-state index in [0.29, 0.717) is 0 Å². The maximum absolute atomic E-state index is 12.3. The zero-order valence-electron chi connectivity index (χ0n) is 14.4. The molecule has 0 saturated heterocycles. The molecule has 0 aliphatic carbocycles. The average Bonchev–Trinajstić information content (AvgIpc) is 3.00. The Labute approximate surface area is 151 Å². The van der Waals surface area contributed by atoms with Crippen LogP contribution in [0.4, 0.5) is 16.5 Å². The second-order valence-electron chi connectivity index (χ2n) is 5.49. The first-order valence-corrected chi connectivity index (χ1v) is 9.51. The molecule has 1 amide bonds. The minimum atomic E-state index is -0.245. The molecule has 2 rings (SSSR count). The number of benzene rings is 1. The highest BCUT2D eigenvalue weighted by atomic mass is 32.2. The van der Waals surface area contributed by atoms with Crippen LogP contribution >= 0.6 is 23.1 Å². The molecule has 24 heavy (non-hydrogen) atoms. The number of anilines is 3. The van der Waals surface area contributed by atoms with Gasteiger partial charge in [0.2, 0.25) is 11.0 Å². The maximum atomic E-state index is 12.3. The monoisotopic (exact) mass is 365 g/mol. The molecule has 8 heteroatoms. The fraction of sp³-hybridized carbons (Fsp3) is 0.438. The lowest BCUT2D eigenvalue weighted by Gasteiger charge is -2.14. The Morgan fingerprint density at radius 3 is 2.62 bits per heavy atom. The molecule has 2 N–H and O–H groups in total. The molecule has 0 spiro atoms. The van der Waals surface area contributed by atoms with Gasteiger partial charge in [0.15, 0.2) is 4.34 Å². The zero-order valence-corrected chi connectivity index (χ0v) is 16.0. The van der Waals surface area contributed by atoms with Crippen molar-refractivity contribution in [2.75, 3.05) is 36.2 Å². The molecule has 1 atom stereocenters. The number of amides is 1. The number of rotatable bonds is 8. The Kier molecular flexibility index (Phi) is 6.86. The van der Waals surface area contributed by atoms with E-state index < -0.39 is 0 Å². The Hall–Kier alpha value is -1.80. The zero-order chi connectivity index (χ0) is 17.5. The standard InChI is InChI=1S/C16H23N5OS2/c1-5-10-17-15-19-20-16(24-15)23-11(2)14(22)18-12-6-8-13(9-7-12)21(3)4/h6-9,11H,5,10H2,1-4H3,(H,17,19)(H,18,22). The quantitative estimate of drug-likeness (QED) is 0.697. The Bertz CT molecular complexity index is 657. The van der Waals surface area contributed by atoms with Crippen LogP contribution in [-0.4, -0.2) is 42.0 Å². The maximum Gasteiger partial charge on any atom is 0.237 e. The van der Waals surface area contributed by atoms with E-state index in [0.717, 1.165) is 33.8 Å². The molecular formula is C16H23N5OS2. The summed E-state index contributed by atoms with van der Waals surface area (Å²) in [5, 5.41) is 14.9. The van der Waals surface area contributed by atoms with Crippen molar-refractivity contribution in [3.63, 3.8) is 0 Å². The number of carbonyl (C=O) groups excluding carboxylic acids is 1. The molecule has 1 heterocycles. The van der Waals surface area contributed by atoms with E-state index >= 15 is 0 Å². The molecular weight excluding hydrogens is 342 g/mol. The first-order valence-electron chi connectivity index (χ1n) is 7.82. The van der Waals surface area contributed by atoms with E-state index in [1.165, 1.54) is 23.1 Å². The van der Waals surface area contributed by atoms with Crippen LogP contribution < -0.4 is 15.5 Å². The van der Waals surface area contributed by atoms with Gasteiger partial charge in [-0.05, 0) is 37.6 Å². The van der Waals surface area contributed by atoms with Crippen LogP contribution in [0.5, 0.6) is 0 Å². The van der Waals surface area contributed by atoms with Crippen molar-refractivity contribution in [1.29, 1.82) is 0 Å². The van der Waals surface area contributed by atoms with E-state index in [1.807, 2.05) is 50.2 Å². The first kappa shape index (κ1) is 18.5. The topological polar surface area (TPSA) is 70.1 Å². The fourth-order valence-corrected chi connectivity index (χ4v) is 3.77. The predicted molar refractivity (Wildman–Crippen MR) is 103 cm³/mol. The highest BCUT2D eigenvalue weighted by Crippen LogP contribution is 2.29. The lowest BCUT2D eigenvalue weighted by Crippen LogP contribution is -2.22. The number of hydrogen-bond acceptors (Lipinski definition) is 7. The first-order chi connectivity index (χ1) is 11.5. The van der Waals surface area contributed by atoms with Gasteiger partial charge in [-0.3, -0.25) is 4.79 Å². The molecule has 0 bridgehead atoms. The second kappa shape index (κ2) is 8.89. The number of thioether (sulfide) groups is 1. The average molecular weight is 366 g/mol. The molecule has 0 aliphatic rings. The Morgan fingerprint density at radius 1 is 1.29 bits per heavy atom. The van der Waals surface area contributed by atoms with Crippen molar-refractivity contribution < 1.29 is 4.79 Å². The number of nitrogens with zero attached hydrogens (tertiary/aromatic N) is 3. The molecule has 2 aromatic rings. The van der Waals surface area contributed by atoms with E-state index in [1.54, 1.807) is 0 Å². The molecule has 0 radical (unpaired) electrons. The van der Waals surface area contributed by atoms with E-state index in [4.69, 9.17) is 0 Å². The van der Waals surface area contributed by atoms with Gasteiger partial charge in [-0.25, -0.2) is 0 Å². The van der Waals surface area contributed by atoms with Gasteiger partial charge in [-0.15, -0.1) is 10.2 Å². The van der Waals surface area contributed by atoms with Crippen LogP contribution in [0.3, 0.4) is 0 Å². The molecule has 6 nitrogen and oxygen atoms in total. The fourth-order valence-electron chi connectivity index (χ4n) is 1.85. The Morgan fingerprint density at radius 2 is 2.00 bits per heavy atom. The third kappa shape index (κ3) is 5.38. The number of hydrogen-bond donors (Lipinski definition) is 2. The number of carbonyl (C=O) groups is 1. The third-order valence-electron chi connectivity index (χ3n) is 3.23. The summed E-state index contributed by atoms with van der Waals surface area (Å²) in [6.07, 6.45) is 1.04. The largest absolute Gasteiger partial charge is 0.378 e. The summed E-state index contributed by atoms with van der Waals surface area (Å²) in [6.45, 7) is 4.84. The van der Waals surface area contributed by atoms with Crippen LogP contribution in [-0.2, 0) is 4.79 Å². The molecule has 1 unspecified atom stereocenters. The van der Waals surface area contributed by atoms with E-state index in [2.05, 4.69) is 27.8 Å². The van der Waals surface area contributed by atoms with Gasteiger partial charge in [0.05, 0.1) is 5.25 Å². The van der Waals surface area contributed by atoms with E-state index in [-0.39, 0.29) is 11.2 Å². The minimum absolute atomic E-state index is 0.0455. The van der Waals surface area contributed by atoms with Crippen LogP contribution in [0, 0.1) is 0 Å². The van der Waals surface area contributed by atoms with Crippen molar-refractivity contribution in [2.24, 2.45) is 0 Å². The van der Waals surface area contributed by atoms with Crippen molar-refractivity contribution >= 4 is 45.5 Å². The summed E-state index contributed by atoms with van der Waals surface area (Å²) in [6, 6.07) is 7.76. The van der Waals surface area contributed by atoms with Crippen molar-refractivity contribution in [3.8, 4) is 0 Å². The van der Waals surface area contributed by atoms with Crippen LogP contribution in [0.1, 0.15) is 20.3 Å². The van der Waals surface area contributed by atoms with Gasteiger partial charge in [-0.2, -0.15) is 0 Å².